The van der Waals surface area contributed by atoms with Gasteiger partial charge in [0.15, 0.2) is 6.29 Å². The van der Waals surface area contributed by atoms with E-state index in [4.69, 9.17) is 9.47 Å². The fourth-order valence-corrected chi connectivity index (χ4v) is 2.52. The first-order valence-electron chi connectivity index (χ1n) is 8.98. The fraction of sp³-hybridized carbons (Fsp3) is 0.789. The minimum Gasteiger partial charge on any atom is -0.353 e. The molecule has 1 fully saturated rings. The third-order valence-electron chi connectivity index (χ3n) is 3.83. The molecule has 0 bridgehead atoms. The molecule has 1 aliphatic heterocycles. The minimum absolute atomic E-state index is 0.0901. The molecule has 1 unspecified atom stereocenters. The van der Waals surface area contributed by atoms with Crippen molar-refractivity contribution in [3.05, 3.63) is 24.3 Å². The molecule has 0 aromatic rings. The van der Waals surface area contributed by atoms with E-state index in [1.165, 1.54) is 57.8 Å². The third kappa shape index (κ3) is 11.7. The minimum atomic E-state index is 0.0901. The lowest BCUT2D eigenvalue weighted by molar-refractivity contribution is -0.162. The zero-order chi connectivity index (χ0) is 15.0. The summed E-state index contributed by atoms with van der Waals surface area (Å²) in [6.07, 6.45) is 22.6. The number of rotatable bonds is 12. The molecule has 0 N–H and O–H groups in total. The van der Waals surface area contributed by atoms with Crippen LogP contribution in [0.1, 0.15) is 77.6 Å². The van der Waals surface area contributed by atoms with Crippen LogP contribution in [0.15, 0.2) is 24.3 Å². The van der Waals surface area contributed by atoms with E-state index in [9.17, 15) is 0 Å². The highest BCUT2D eigenvalue weighted by molar-refractivity contribution is 5.01. The van der Waals surface area contributed by atoms with Gasteiger partial charge in [0, 0.05) is 13.2 Å². The summed E-state index contributed by atoms with van der Waals surface area (Å²) >= 11 is 0. The predicted molar refractivity (Wildman–Crippen MR) is 90.4 cm³/mol. The smallest absolute Gasteiger partial charge is 0.157 e. The summed E-state index contributed by atoms with van der Waals surface area (Å²) in [6, 6.07) is 0. The molecule has 1 aliphatic rings. The van der Waals surface area contributed by atoms with Crippen LogP contribution >= 0.6 is 0 Å². The van der Waals surface area contributed by atoms with E-state index in [1.807, 2.05) is 0 Å². The van der Waals surface area contributed by atoms with Crippen molar-refractivity contribution < 1.29 is 9.47 Å². The Morgan fingerprint density at radius 1 is 0.952 bits per heavy atom. The number of allylic oxidation sites excluding steroid dienone is 4. The maximum atomic E-state index is 5.74. The lowest BCUT2D eigenvalue weighted by atomic mass is 10.1. The monoisotopic (exact) mass is 294 g/mol. The maximum absolute atomic E-state index is 5.74. The van der Waals surface area contributed by atoms with E-state index in [-0.39, 0.29) is 6.29 Å². The molecule has 0 aromatic carbocycles. The van der Waals surface area contributed by atoms with Gasteiger partial charge in [0.2, 0.25) is 0 Å². The lowest BCUT2D eigenvalue weighted by Gasteiger charge is -2.22. The lowest BCUT2D eigenvalue weighted by Crippen LogP contribution is -2.22. The molecule has 0 aliphatic carbocycles. The Morgan fingerprint density at radius 3 is 2.48 bits per heavy atom. The summed E-state index contributed by atoms with van der Waals surface area (Å²) in [7, 11) is 0. The van der Waals surface area contributed by atoms with Crippen LogP contribution in [0.5, 0.6) is 0 Å². The molecule has 1 heterocycles. The Kier molecular flexibility index (Phi) is 12.6. The Hall–Kier alpha value is -0.600. The summed E-state index contributed by atoms with van der Waals surface area (Å²) in [5.41, 5.74) is 0. The average Bonchev–Trinajstić information content (AvgIpc) is 2.53. The van der Waals surface area contributed by atoms with Gasteiger partial charge in [-0.1, -0.05) is 56.9 Å². The zero-order valence-corrected chi connectivity index (χ0v) is 13.9. The quantitative estimate of drug-likeness (QED) is 0.335. The molecule has 0 aromatic heterocycles. The van der Waals surface area contributed by atoms with Crippen LogP contribution in [-0.2, 0) is 9.47 Å². The van der Waals surface area contributed by atoms with E-state index < -0.39 is 0 Å². The SMILES string of the molecule is CCC=CC=CCCCCCCCCOC1CCCCO1. The summed E-state index contributed by atoms with van der Waals surface area (Å²) in [4.78, 5) is 0. The Bertz CT molecular complexity index is 265. The normalized spacial score (nSPS) is 19.8. The summed E-state index contributed by atoms with van der Waals surface area (Å²) in [5, 5.41) is 0. The van der Waals surface area contributed by atoms with Crippen molar-refractivity contribution in [3.8, 4) is 0 Å². The van der Waals surface area contributed by atoms with E-state index >= 15 is 0 Å². The van der Waals surface area contributed by atoms with Crippen molar-refractivity contribution in [1.29, 1.82) is 0 Å². The number of ether oxygens (including phenoxy) is 2. The molecular weight excluding hydrogens is 260 g/mol. The molecular formula is C19H34O2. The second-order valence-electron chi connectivity index (χ2n) is 5.84. The van der Waals surface area contributed by atoms with Gasteiger partial charge in [0.05, 0.1) is 0 Å². The van der Waals surface area contributed by atoms with Crippen molar-refractivity contribution in [1.82, 2.24) is 0 Å². The van der Waals surface area contributed by atoms with Crippen LogP contribution in [0.3, 0.4) is 0 Å². The van der Waals surface area contributed by atoms with Gasteiger partial charge in [-0.25, -0.2) is 0 Å². The molecule has 0 saturated carbocycles. The first kappa shape index (κ1) is 18.4. The summed E-state index contributed by atoms with van der Waals surface area (Å²) < 4.78 is 11.3. The number of unbranched alkanes of at least 4 members (excludes halogenated alkanes) is 6. The van der Waals surface area contributed by atoms with Gasteiger partial charge in [-0.15, -0.1) is 0 Å². The van der Waals surface area contributed by atoms with Gasteiger partial charge < -0.3 is 9.47 Å². The second kappa shape index (κ2) is 14.3. The Labute approximate surface area is 131 Å². The van der Waals surface area contributed by atoms with E-state index in [0.29, 0.717) is 0 Å². The molecule has 21 heavy (non-hydrogen) atoms. The van der Waals surface area contributed by atoms with E-state index in [1.54, 1.807) is 0 Å². The summed E-state index contributed by atoms with van der Waals surface area (Å²) in [6.45, 7) is 3.92. The molecule has 1 saturated heterocycles. The zero-order valence-electron chi connectivity index (χ0n) is 13.9. The number of hydrogen-bond acceptors (Lipinski definition) is 2. The van der Waals surface area contributed by atoms with Gasteiger partial charge in [-0.2, -0.15) is 0 Å². The van der Waals surface area contributed by atoms with Crippen molar-refractivity contribution >= 4 is 0 Å². The van der Waals surface area contributed by atoms with E-state index in [0.717, 1.165) is 26.1 Å². The van der Waals surface area contributed by atoms with Gasteiger partial charge in [-0.05, 0) is 44.9 Å². The molecule has 2 heteroatoms. The van der Waals surface area contributed by atoms with Crippen molar-refractivity contribution in [2.45, 2.75) is 83.8 Å². The average molecular weight is 294 g/mol. The first-order valence-corrected chi connectivity index (χ1v) is 8.98. The standard InChI is InChI=1S/C19H34O2/c1-2-3-4-5-6-7-8-9-10-11-12-14-17-20-19-16-13-15-18-21-19/h3-6,19H,2,7-18H2,1H3. The van der Waals surface area contributed by atoms with Crippen molar-refractivity contribution in [3.63, 3.8) is 0 Å². The molecule has 122 valence electrons. The van der Waals surface area contributed by atoms with Crippen molar-refractivity contribution in [2.24, 2.45) is 0 Å². The van der Waals surface area contributed by atoms with Gasteiger partial charge in [0.25, 0.3) is 0 Å². The second-order valence-corrected chi connectivity index (χ2v) is 5.84. The third-order valence-corrected chi connectivity index (χ3v) is 3.83. The summed E-state index contributed by atoms with van der Waals surface area (Å²) in [5.74, 6) is 0. The molecule has 1 rings (SSSR count). The van der Waals surface area contributed by atoms with Crippen LogP contribution in [-0.4, -0.2) is 19.5 Å². The highest BCUT2D eigenvalue weighted by Gasteiger charge is 2.13. The fourth-order valence-electron chi connectivity index (χ4n) is 2.52. The van der Waals surface area contributed by atoms with Crippen LogP contribution in [0.25, 0.3) is 0 Å². The van der Waals surface area contributed by atoms with Crippen LogP contribution in [0, 0.1) is 0 Å². The van der Waals surface area contributed by atoms with Crippen molar-refractivity contribution in [2.75, 3.05) is 13.2 Å². The van der Waals surface area contributed by atoms with E-state index in [2.05, 4.69) is 31.2 Å². The van der Waals surface area contributed by atoms with Crippen LogP contribution in [0.4, 0.5) is 0 Å². The largest absolute Gasteiger partial charge is 0.353 e. The van der Waals surface area contributed by atoms with Gasteiger partial charge in [-0.3, -0.25) is 0 Å². The number of hydrogen-bond donors (Lipinski definition) is 0. The maximum Gasteiger partial charge on any atom is 0.157 e. The van der Waals surface area contributed by atoms with Gasteiger partial charge in [0.1, 0.15) is 0 Å². The highest BCUT2D eigenvalue weighted by atomic mass is 16.7. The van der Waals surface area contributed by atoms with Crippen LogP contribution in [0.2, 0.25) is 0 Å². The van der Waals surface area contributed by atoms with Gasteiger partial charge >= 0.3 is 0 Å². The topological polar surface area (TPSA) is 18.5 Å². The molecule has 0 spiro atoms. The first-order chi connectivity index (χ1) is 10.4. The predicted octanol–water partition coefficient (Wildman–Crippen LogP) is 5.78. The molecule has 1 atom stereocenters. The Balaban J connectivity index is 1.76. The van der Waals surface area contributed by atoms with Crippen LogP contribution < -0.4 is 0 Å². The molecule has 0 radical (unpaired) electrons. The highest BCUT2D eigenvalue weighted by Crippen LogP contribution is 2.14. The molecule has 0 amide bonds. The molecule has 2 nitrogen and oxygen atoms in total. The Morgan fingerprint density at radius 2 is 1.71 bits per heavy atom.